The third-order valence-electron chi connectivity index (χ3n) is 2.19. The van der Waals surface area contributed by atoms with Gasteiger partial charge in [0.2, 0.25) is 5.75 Å². The molecular formula is C14H14O5. The van der Waals surface area contributed by atoms with Gasteiger partial charge in [0.1, 0.15) is 0 Å². The lowest BCUT2D eigenvalue weighted by Gasteiger charge is -2.12. The molecule has 0 aliphatic carbocycles. The predicted octanol–water partition coefficient (Wildman–Crippen LogP) is 1.70. The van der Waals surface area contributed by atoms with Crippen molar-refractivity contribution in [3.05, 3.63) is 29.8 Å². The zero-order valence-electron chi connectivity index (χ0n) is 10.9. The van der Waals surface area contributed by atoms with E-state index in [0.29, 0.717) is 22.8 Å². The van der Waals surface area contributed by atoms with Crippen LogP contribution in [0.25, 0.3) is 0 Å². The number of hydrogen-bond donors (Lipinski definition) is 1. The Bertz CT molecular complexity index is 524. The van der Waals surface area contributed by atoms with Gasteiger partial charge in [0.05, 0.1) is 21.3 Å². The minimum absolute atomic E-state index is 0.483. The number of benzene rings is 1. The van der Waals surface area contributed by atoms with E-state index in [1.807, 2.05) is 0 Å². The van der Waals surface area contributed by atoms with E-state index in [0.717, 1.165) is 6.08 Å². The van der Waals surface area contributed by atoms with Crippen molar-refractivity contribution in [2.75, 3.05) is 21.3 Å². The predicted molar refractivity (Wildman–Crippen MR) is 69.8 cm³/mol. The fourth-order valence-corrected chi connectivity index (χ4v) is 1.39. The van der Waals surface area contributed by atoms with Crippen LogP contribution in [0, 0.1) is 11.8 Å². The molecular weight excluding hydrogens is 248 g/mol. The van der Waals surface area contributed by atoms with Crippen LogP contribution in [0.5, 0.6) is 17.2 Å². The Labute approximate surface area is 111 Å². The summed E-state index contributed by atoms with van der Waals surface area (Å²) in [6, 6.07) is 3.37. The van der Waals surface area contributed by atoms with Gasteiger partial charge < -0.3 is 19.3 Å². The van der Waals surface area contributed by atoms with Crippen molar-refractivity contribution in [1.82, 2.24) is 0 Å². The molecule has 19 heavy (non-hydrogen) atoms. The normalized spacial score (nSPS) is 9.63. The highest BCUT2D eigenvalue weighted by Crippen LogP contribution is 2.37. The lowest BCUT2D eigenvalue weighted by atomic mass is 10.2. The Morgan fingerprint density at radius 1 is 1.16 bits per heavy atom. The third kappa shape index (κ3) is 3.96. The van der Waals surface area contributed by atoms with Gasteiger partial charge in [-0.2, -0.15) is 0 Å². The molecule has 0 bridgehead atoms. The maximum atomic E-state index is 10.3. The average Bonchev–Trinajstić information content (AvgIpc) is 2.42. The van der Waals surface area contributed by atoms with Gasteiger partial charge in [-0.15, -0.1) is 0 Å². The highest BCUT2D eigenvalue weighted by atomic mass is 16.5. The number of methoxy groups -OCH3 is 3. The van der Waals surface area contributed by atoms with Gasteiger partial charge >= 0.3 is 5.97 Å². The zero-order chi connectivity index (χ0) is 14.3. The number of hydrogen-bond acceptors (Lipinski definition) is 4. The lowest BCUT2D eigenvalue weighted by Crippen LogP contribution is -1.95. The van der Waals surface area contributed by atoms with Gasteiger partial charge in [-0.1, -0.05) is 11.8 Å². The number of aliphatic carboxylic acids is 1. The van der Waals surface area contributed by atoms with Gasteiger partial charge in [0.25, 0.3) is 0 Å². The minimum atomic E-state index is -1.04. The topological polar surface area (TPSA) is 65.0 Å². The first-order chi connectivity index (χ1) is 9.12. The Kier molecular flexibility index (Phi) is 5.30. The Balaban J connectivity index is 3.12. The standard InChI is InChI=1S/C14H14O5/c1-17-11-8-10(6-4-5-7-13(15)16)9-12(18-2)14(11)19-3/h5,7-9H,1-3H3,(H,15,16)/b7-5+. The summed E-state index contributed by atoms with van der Waals surface area (Å²) in [4.78, 5) is 10.3. The fraction of sp³-hybridized carbons (Fsp3) is 0.214. The number of carbonyl (C=O) groups is 1. The van der Waals surface area contributed by atoms with Crippen LogP contribution in [0.4, 0.5) is 0 Å². The quantitative estimate of drug-likeness (QED) is 0.661. The third-order valence-corrected chi connectivity index (χ3v) is 2.19. The molecule has 0 saturated carbocycles. The molecule has 5 heteroatoms. The lowest BCUT2D eigenvalue weighted by molar-refractivity contribution is -0.131. The molecule has 1 rings (SSSR count). The first-order valence-electron chi connectivity index (χ1n) is 5.33. The van der Waals surface area contributed by atoms with Crippen LogP contribution in [0.2, 0.25) is 0 Å². The van der Waals surface area contributed by atoms with Crippen LogP contribution in [0.1, 0.15) is 5.56 Å². The molecule has 0 spiro atoms. The van der Waals surface area contributed by atoms with Gasteiger partial charge in [-0.3, -0.25) is 0 Å². The number of allylic oxidation sites excluding steroid dienone is 1. The van der Waals surface area contributed by atoms with Gasteiger partial charge in [-0.05, 0) is 18.2 Å². The summed E-state index contributed by atoms with van der Waals surface area (Å²) in [6.45, 7) is 0. The second-order valence-corrected chi connectivity index (χ2v) is 3.35. The second-order valence-electron chi connectivity index (χ2n) is 3.35. The average molecular weight is 262 g/mol. The molecule has 0 unspecified atom stereocenters. The maximum absolute atomic E-state index is 10.3. The smallest absolute Gasteiger partial charge is 0.328 e. The first-order valence-corrected chi connectivity index (χ1v) is 5.33. The summed E-state index contributed by atoms with van der Waals surface area (Å²) < 4.78 is 15.5. The van der Waals surface area contributed by atoms with Crippen molar-refractivity contribution in [2.45, 2.75) is 0 Å². The molecule has 1 aromatic carbocycles. The van der Waals surface area contributed by atoms with E-state index in [1.165, 1.54) is 27.4 Å². The molecule has 0 atom stereocenters. The van der Waals surface area contributed by atoms with Crippen LogP contribution in [-0.4, -0.2) is 32.4 Å². The number of carboxylic acid groups (broad SMARTS) is 1. The summed E-state index contributed by atoms with van der Waals surface area (Å²) in [7, 11) is 4.54. The van der Waals surface area contributed by atoms with E-state index in [-0.39, 0.29) is 0 Å². The highest BCUT2D eigenvalue weighted by molar-refractivity contribution is 5.80. The molecule has 0 aliphatic rings. The summed E-state index contributed by atoms with van der Waals surface area (Å²) in [5.41, 5.74) is 0.629. The van der Waals surface area contributed by atoms with Crippen LogP contribution in [0.15, 0.2) is 24.3 Å². The Morgan fingerprint density at radius 2 is 1.74 bits per heavy atom. The summed E-state index contributed by atoms with van der Waals surface area (Å²) in [5, 5.41) is 8.43. The van der Waals surface area contributed by atoms with Gasteiger partial charge in [-0.25, -0.2) is 4.79 Å². The Morgan fingerprint density at radius 3 is 2.16 bits per heavy atom. The van der Waals surface area contributed by atoms with E-state index in [1.54, 1.807) is 12.1 Å². The van der Waals surface area contributed by atoms with Crippen molar-refractivity contribution >= 4 is 5.97 Å². The van der Waals surface area contributed by atoms with Crippen LogP contribution in [0.3, 0.4) is 0 Å². The molecule has 5 nitrogen and oxygen atoms in total. The summed E-state index contributed by atoms with van der Waals surface area (Å²) in [6.07, 6.45) is 2.22. The van der Waals surface area contributed by atoms with Crippen molar-refractivity contribution in [1.29, 1.82) is 0 Å². The molecule has 0 heterocycles. The molecule has 0 aliphatic heterocycles. The van der Waals surface area contributed by atoms with E-state index >= 15 is 0 Å². The molecule has 0 saturated heterocycles. The van der Waals surface area contributed by atoms with Crippen LogP contribution in [-0.2, 0) is 4.79 Å². The van der Waals surface area contributed by atoms with Crippen molar-refractivity contribution < 1.29 is 24.1 Å². The van der Waals surface area contributed by atoms with E-state index in [4.69, 9.17) is 19.3 Å². The molecule has 0 amide bonds. The first kappa shape index (κ1) is 14.5. The van der Waals surface area contributed by atoms with Crippen LogP contribution < -0.4 is 14.2 Å². The monoisotopic (exact) mass is 262 g/mol. The Hall–Kier alpha value is -2.61. The van der Waals surface area contributed by atoms with Crippen molar-refractivity contribution in [3.8, 4) is 29.1 Å². The molecule has 0 aromatic heterocycles. The van der Waals surface area contributed by atoms with E-state index < -0.39 is 5.97 Å². The van der Waals surface area contributed by atoms with Gasteiger partial charge in [0.15, 0.2) is 11.5 Å². The van der Waals surface area contributed by atoms with E-state index in [2.05, 4.69) is 11.8 Å². The molecule has 1 aromatic rings. The maximum Gasteiger partial charge on any atom is 0.328 e. The molecule has 0 radical (unpaired) electrons. The van der Waals surface area contributed by atoms with Crippen molar-refractivity contribution in [2.24, 2.45) is 0 Å². The largest absolute Gasteiger partial charge is 0.493 e. The number of ether oxygens (including phenoxy) is 3. The van der Waals surface area contributed by atoms with Gasteiger partial charge in [0, 0.05) is 11.6 Å². The highest BCUT2D eigenvalue weighted by Gasteiger charge is 2.11. The SMILES string of the molecule is COc1cc(C#C/C=C/C(=O)O)cc(OC)c1OC. The van der Waals surface area contributed by atoms with Crippen LogP contribution >= 0.6 is 0 Å². The number of carboxylic acids is 1. The summed E-state index contributed by atoms with van der Waals surface area (Å²) >= 11 is 0. The second kappa shape index (κ2) is 6.97. The van der Waals surface area contributed by atoms with Crippen molar-refractivity contribution in [3.63, 3.8) is 0 Å². The minimum Gasteiger partial charge on any atom is -0.493 e. The van der Waals surface area contributed by atoms with E-state index in [9.17, 15) is 4.79 Å². The molecule has 100 valence electrons. The number of rotatable bonds is 4. The molecule has 1 N–H and O–H groups in total. The summed E-state index contributed by atoms with van der Waals surface area (Å²) in [5.74, 6) is 5.82. The zero-order valence-corrected chi connectivity index (χ0v) is 10.9. The molecule has 0 fully saturated rings. The fourth-order valence-electron chi connectivity index (χ4n) is 1.39.